The Bertz CT molecular complexity index is 857. The maximum absolute atomic E-state index is 12.1. The van der Waals surface area contributed by atoms with Crippen LogP contribution in [0.25, 0.3) is 11.6 Å². The Morgan fingerprint density at radius 2 is 2.17 bits per heavy atom. The monoisotopic (exact) mass is 343 g/mol. The average Bonchev–Trinajstić information content (AvgIpc) is 3.18. The number of aromatic nitrogens is 3. The number of aryl methyl sites for hydroxylation is 2. The van der Waals surface area contributed by atoms with Gasteiger partial charge in [0.25, 0.3) is 0 Å². The van der Waals surface area contributed by atoms with Gasteiger partial charge in [-0.2, -0.15) is 0 Å². The Hall–Kier alpha value is -2.74. The molecule has 0 saturated heterocycles. The summed E-state index contributed by atoms with van der Waals surface area (Å²) in [5.74, 6) is 6.95. The molecule has 124 valence electrons. The van der Waals surface area contributed by atoms with E-state index >= 15 is 0 Å². The zero-order valence-electron chi connectivity index (χ0n) is 13.3. The van der Waals surface area contributed by atoms with Crippen molar-refractivity contribution in [3.8, 4) is 11.6 Å². The fraction of sp³-hybridized carbons (Fsp3) is 0.188. The summed E-state index contributed by atoms with van der Waals surface area (Å²) in [4.78, 5) is 12.1. The van der Waals surface area contributed by atoms with Crippen LogP contribution in [0.1, 0.15) is 11.1 Å². The fourth-order valence-electron chi connectivity index (χ4n) is 2.14. The third-order valence-electron chi connectivity index (χ3n) is 3.41. The summed E-state index contributed by atoms with van der Waals surface area (Å²) >= 11 is 1.21. The van der Waals surface area contributed by atoms with Gasteiger partial charge in [0, 0.05) is 5.69 Å². The van der Waals surface area contributed by atoms with Crippen LogP contribution in [0.4, 0.5) is 5.69 Å². The first-order chi connectivity index (χ1) is 11.5. The van der Waals surface area contributed by atoms with Crippen LogP contribution >= 0.6 is 11.8 Å². The van der Waals surface area contributed by atoms with E-state index in [1.165, 1.54) is 22.7 Å². The van der Waals surface area contributed by atoms with E-state index in [1.807, 2.05) is 32.0 Å². The number of rotatable bonds is 5. The third-order valence-corrected chi connectivity index (χ3v) is 4.35. The molecule has 0 bridgehead atoms. The number of carbonyl (C=O) groups excluding carboxylic acids is 1. The second kappa shape index (κ2) is 6.79. The number of thioether (sulfide) groups is 1. The zero-order valence-corrected chi connectivity index (χ0v) is 14.1. The lowest BCUT2D eigenvalue weighted by molar-refractivity contribution is -0.113. The molecule has 0 aliphatic heterocycles. The minimum atomic E-state index is -0.128. The van der Waals surface area contributed by atoms with E-state index in [0.29, 0.717) is 16.7 Å². The summed E-state index contributed by atoms with van der Waals surface area (Å²) in [6, 6.07) is 9.42. The highest BCUT2D eigenvalue weighted by atomic mass is 32.2. The van der Waals surface area contributed by atoms with E-state index in [4.69, 9.17) is 10.3 Å². The Morgan fingerprint density at radius 1 is 1.33 bits per heavy atom. The van der Waals surface area contributed by atoms with E-state index in [-0.39, 0.29) is 11.7 Å². The highest BCUT2D eigenvalue weighted by molar-refractivity contribution is 7.99. The number of benzene rings is 1. The molecule has 0 aliphatic carbocycles. The van der Waals surface area contributed by atoms with Gasteiger partial charge < -0.3 is 15.6 Å². The quantitative estimate of drug-likeness (QED) is 0.546. The van der Waals surface area contributed by atoms with Gasteiger partial charge in [0.1, 0.15) is 0 Å². The van der Waals surface area contributed by atoms with Crippen LogP contribution < -0.4 is 11.2 Å². The Kier molecular flexibility index (Phi) is 4.57. The van der Waals surface area contributed by atoms with E-state index in [9.17, 15) is 4.79 Å². The molecule has 0 aliphatic rings. The summed E-state index contributed by atoms with van der Waals surface area (Å²) in [6.07, 6.45) is 1.54. The van der Waals surface area contributed by atoms with E-state index < -0.39 is 0 Å². The van der Waals surface area contributed by atoms with Gasteiger partial charge in [-0.15, -0.1) is 10.2 Å². The number of furan rings is 1. The number of nitrogens with two attached hydrogens (primary N) is 1. The smallest absolute Gasteiger partial charge is 0.234 e. The zero-order chi connectivity index (χ0) is 17.1. The molecule has 24 heavy (non-hydrogen) atoms. The maximum atomic E-state index is 12.1. The van der Waals surface area contributed by atoms with Gasteiger partial charge in [0.2, 0.25) is 16.9 Å². The van der Waals surface area contributed by atoms with Crippen molar-refractivity contribution in [1.82, 2.24) is 14.9 Å². The average molecular weight is 343 g/mol. The van der Waals surface area contributed by atoms with Gasteiger partial charge in [-0.1, -0.05) is 23.9 Å². The summed E-state index contributed by atoms with van der Waals surface area (Å²) in [6.45, 7) is 3.94. The topological polar surface area (TPSA) is 99.0 Å². The number of amides is 1. The largest absolute Gasteiger partial charge is 0.461 e. The molecule has 0 saturated carbocycles. The lowest BCUT2D eigenvalue weighted by Gasteiger charge is -2.09. The number of nitrogen functional groups attached to an aromatic ring is 1. The molecule has 1 amide bonds. The first kappa shape index (κ1) is 16.1. The van der Waals surface area contributed by atoms with E-state index in [0.717, 1.165) is 16.8 Å². The van der Waals surface area contributed by atoms with Crippen LogP contribution in [0.15, 0.2) is 46.2 Å². The summed E-state index contributed by atoms with van der Waals surface area (Å²) < 4.78 is 6.56. The van der Waals surface area contributed by atoms with Crippen molar-refractivity contribution >= 4 is 23.4 Å². The van der Waals surface area contributed by atoms with Crippen molar-refractivity contribution in [2.45, 2.75) is 19.0 Å². The third kappa shape index (κ3) is 3.43. The molecule has 0 unspecified atom stereocenters. The highest BCUT2D eigenvalue weighted by Crippen LogP contribution is 2.22. The molecule has 0 spiro atoms. The van der Waals surface area contributed by atoms with Gasteiger partial charge in [-0.3, -0.25) is 4.79 Å². The van der Waals surface area contributed by atoms with Crippen LogP contribution in [0.2, 0.25) is 0 Å². The Labute approximate surface area is 143 Å². The molecule has 0 radical (unpaired) electrons. The van der Waals surface area contributed by atoms with Gasteiger partial charge in [-0.25, -0.2) is 4.68 Å². The van der Waals surface area contributed by atoms with Crippen molar-refractivity contribution in [3.63, 3.8) is 0 Å². The van der Waals surface area contributed by atoms with Crippen LogP contribution in [-0.4, -0.2) is 26.5 Å². The molecule has 2 heterocycles. The van der Waals surface area contributed by atoms with Gasteiger partial charge in [-0.05, 0) is 43.2 Å². The predicted molar refractivity (Wildman–Crippen MR) is 93.1 cm³/mol. The minimum Gasteiger partial charge on any atom is -0.461 e. The summed E-state index contributed by atoms with van der Waals surface area (Å²) in [7, 11) is 0. The first-order valence-corrected chi connectivity index (χ1v) is 8.27. The lowest BCUT2D eigenvalue weighted by atomic mass is 10.1. The SMILES string of the molecule is Cc1ccc(C)c(NC(=O)CSc2nnc(-c3ccco3)n2N)c1. The van der Waals surface area contributed by atoms with Crippen molar-refractivity contribution in [3.05, 3.63) is 47.7 Å². The van der Waals surface area contributed by atoms with E-state index in [2.05, 4.69) is 15.5 Å². The molecular weight excluding hydrogens is 326 g/mol. The van der Waals surface area contributed by atoms with Crippen LogP contribution in [-0.2, 0) is 4.79 Å². The Morgan fingerprint density at radius 3 is 2.92 bits per heavy atom. The molecule has 3 N–H and O–H groups in total. The number of hydrogen-bond acceptors (Lipinski definition) is 6. The van der Waals surface area contributed by atoms with Crippen LogP contribution in [0.5, 0.6) is 0 Å². The Balaban J connectivity index is 1.64. The number of hydrogen-bond donors (Lipinski definition) is 2. The number of nitrogens with zero attached hydrogens (tertiary/aromatic N) is 3. The molecular formula is C16H17N5O2S. The van der Waals surface area contributed by atoms with Crippen LogP contribution in [0, 0.1) is 13.8 Å². The maximum Gasteiger partial charge on any atom is 0.234 e. The van der Waals surface area contributed by atoms with Crippen molar-refractivity contribution in [2.24, 2.45) is 0 Å². The minimum absolute atomic E-state index is 0.128. The number of carbonyl (C=O) groups is 1. The van der Waals surface area contributed by atoms with Crippen molar-refractivity contribution in [1.29, 1.82) is 0 Å². The molecule has 7 nitrogen and oxygen atoms in total. The number of anilines is 1. The first-order valence-electron chi connectivity index (χ1n) is 7.29. The van der Waals surface area contributed by atoms with Crippen molar-refractivity contribution < 1.29 is 9.21 Å². The normalized spacial score (nSPS) is 10.8. The second-order valence-electron chi connectivity index (χ2n) is 5.31. The molecule has 2 aromatic heterocycles. The lowest BCUT2D eigenvalue weighted by Crippen LogP contribution is -2.17. The molecule has 8 heteroatoms. The standard InChI is InChI=1S/C16H17N5O2S/c1-10-5-6-11(2)12(8-10)18-14(22)9-24-16-20-19-15(21(16)17)13-4-3-7-23-13/h3-8H,9,17H2,1-2H3,(H,18,22). The number of nitrogens with one attached hydrogen (secondary N) is 1. The summed E-state index contributed by atoms with van der Waals surface area (Å²) in [5, 5.41) is 11.3. The molecule has 0 fully saturated rings. The molecule has 3 aromatic rings. The molecule has 3 rings (SSSR count). The molecule has 1 aromatic carbocycles. The molecule has 0 atom stereocenters. The van der Waals surface area contributed by atoms with Crippen LogP contribution in [0.3, 0.4) is 0 Å². The predicted octanol–water partition coefficient (Wildman–Crippen LogP) is 2.60. The fourth-order valence-corrected chi connectivity index (χ4v) is 2.79. The van der Waals surface area contributed by atoms with E-state index in [1.54, 1.807) is 12.1 Å². The van der Waals surface area contributed by atoms with Gasteiger partial charge in [0.15, 0.2) is 5.76 Å². The van der Waals surface area contributed by atoms with Crippen molar-refractivity contribution in [2.75, 3.05) is 16.9 Å². The van der Waals surface area contributed by atoms with Gasteiger partial charge in [0.05, 0.1) is 12.0 Å². The van der Waals surface area contributed by atoms with Gasteiger partial charge >= 0.3 is 0 Å². The highest BCUT2D eigenvalue weighted by Gasteiger charge is 2.15. The second-order valence-corrected chi connectivity index (χ2v) is 6.25. The summed E-state index contributed by atoms with van der Waals surface area (Å²) in [5.41, 5.74) is 2.92.